The van der Waals surface area contributed by atoms with Crippen LogP contribution in [0.2, 0.25) is 0 Å². The largest absolute Gasteiger partial charge is 0.497 e. The molecule has 0 fully saturated rings. The van der Waals surface area contributed by atoms with Crippen LogP contribution in [0.3, 0.4) is 0 Å². The second-order valence-electron chi connectivity index (χ2n) is 9.59. The van der Waals surface area contributed by atoms with E-state index < -0.39 is 34.1 Å². The summed E-state index contributed by atoms with van der Waals surface area (Å²) in [5, 5.41) is 2.89. The van der Waals surface area contributed by atoms with Gasteiger partial charge in [0.15, 0.2) is 0 Å². The molecule has 0 unspecified atom stereocenters. The van der Waals surface area contributed by atoms with Crippen LogP contribution in [-0.2, 0) is 26.2 Å². The van der Waals surface area contributed by atoms with Crippen molar-refractivity contribution < 1.29 is 32.2 Å². The number of nitrogens with one attached hydrogen (secondary N) is 1. The summed E-state index contributed by atoms with van der Waals surface area (Å²) in [4.78, 5) is 28.1. The third-order valence-electron chi connectivity index (χ3n) is 5.51. The van der Waals surface area contributed by atoms with Gasteiger partial charge in [-0.15, -0.1) is 0 Å². The van der Waals surface area contributed by atoms with Crippen molar-refractivity contribution in [3.63, 3.8) is 0 Å². The topological polar surface area (TPSA) is 114 Å². The first-order valence-electron chi connectivity index (χ1n) is 11.6. The lowest BCUT2D eigenvalue weighted by Gasteiger charge is -2.33. The van der Waals surface area contributed by atoms with Gasteiger partial charge < -0.3 is 24.4 Å². The van der Waals surface area contributed by atoms with Gasteiger partial charge in [-0.2, -0.15) is 0 Å². The van der Waals surface area contributed by atoms with E-state index in [0.29, 0.717) is 11.5 Å². The first-order chi connectivity index (χ1) is 17.2. The van der Waals surface area contributed by atoms with Crippen LogP contribution in [0.4, 0.5) is 5.69 Å². The van der Waals surface area contributed by atoms with Crippen molar-refractivity contribution in [2.75, 3.05) is 38.4 Å². The molecule has 0 saturated carbocycles. The third-order valence-corrected chi connectivity index (χ3v) is 6.64. The molecular formula is C26H37N3O7S. The first-order valence-corrected chi connectivity index (χ1v) is 13.5. The Bertz CT molecular complexity index is 1190. The molecule has 0 aliphatic rings. The van der Waals surface area contributed by atoms with Gasteiger partial charge in [0.1, 0.15) is 29.8 Å². The highest BCUT2D eigenvalue weighted by atomic mass is 32.2. The number of methoxy groups -OCH3 is 3. The zero-order valence-corrected chi connectivity index (χ0v) is 23.5. The lowest BCUT2D eigenvalue weighted by atomic mass is 10.1. The number of rotatable bonds is 11. The van der Waals surface area contributed by atoms with E-state index in [1.807, 2.05) is 20.8 Å². The molecule has 2 aromatic carbocycles. The summed E-state index contributed by atoms with van der Waals surface area (Å²) in [6, 6.07) is 10.8. The Morgan fingerprint density at radius 1 is 0.946 bits per heavy atom. The van der Waals surface area contributed by atoms with Gasteiger partial charge in [0.25, 0.3) is 0 Å². The Morgan fingerprint density at radius 3 is 2.00 bits per heavy atom. The molecule has 37 heavy (non-hydrogen) atoms. The molecule has 0 aliphatic carbocycles. The number of benzene rings is 2. The summed E-state index contributed by atoms with van der Waals surface area (Å²) in [5.41, 5.74) is 0.405. The van der Waals surface area contributed by atoms with Gasteiger partial charge in [0.2, 0.25) is 21.8 Å². The highest BCUT2D eigenvalue weighted by Gasteiger charge is 2.32. The van der Waals surface area contributed by atoms with Gasteiger partial charge in [-0.3, -0.25) is 13.9 Å². The number of hydrogen-bond donors (Lipinski definition) is 1. The standard InChI is InChI=1S/C26H37N3O7S/c1-18(25(31)27-26(2,3)4)28(16-19-9-11-20(34-5)12-10-19)24(30)17-29(37(8,32)33)22-14-13-21(35-6)15-23(22)36-7/h9-15,18H,16-17H2,1-8H3,(H,27,31)/t18-/m1/s1. The highest BCUT2D eigenvalue weighted by Crippen LogP contribution is 2.33. The minimum atomic E-state index is -3.91. The predicted molar refractivity (Wildman–Crippen MR) is 143 cm³/mol. The third kappa shape index (κ3) is 8.28. The summed E-state index contributed by atoms with van der Waals surface area (Å²) >= 11 is 0. The number of sulfonamides is 1. The number of carbonyl (C=O) groups is 2. The van der Waals surface area contributed by atoms with Crippen molar-refractivity contribution in [1.82, 2.24) is 10.2 Å². The minimum absolute atomic E-state index is 0.0822. The van der Waals surface area contributed by atoms with E-state index in [1.165, 1.54) is 31.3 Å². The summed E-state index contributed by atoms with van der Waals surface area (Å²) in [5.74, 6) is 0.416. The molecule has 0 aliphatic heterocycles. The van der Waals surface area contributed by atoms with E-state index >= 15 is 0 Å². The van der Waals surface area contributed by atoms with Crippen LogP contribution in [0, 0.1) is 0 Å². The fourth-order valence-electron chi connectivity index (χ4n) is 3.57. The zero-order chi connectivity index (χ0) is 28.0. The van der Waals surface area contributed by atoms with Crippen LogP contribution < -0.4 is 23.8 Å². The molecule has 204 valence electrons. The maximum atomic E-state index is 13.7. The Kier molecular flexibility index (Phi) is 9.80. The molecule has 1 N–H and O–H groups in total. The Balaban J connectivity index is 2.47. The maximum Gasteiger partial charge on any atom is 0.244 e. The molecule has 11 heteroatoms. The number of ether oxygens (including phenoxy) is 3. The zero-order valence-electron chi connectivity index (χ0n) is 22.7. The van der Waals surface area contributed by atoms with E-state index in [4.69, 9.17) is 14.2 Å². The average molecular weight is 536 g/mol. The van der Waals surface area contributed by atoms with Crippen LogP contribution in [-0.4, -0.2) is 70.8 Å². The molecule has 0 spiro atoms. The lowest BCUT2D eigenvalue weighted by Crippen LogP contribution is -2.54. The van der Waals surface area contributed by atoms with E-state index in [0.717, 1.165) is 16.1 Å². The molecule has 0 radical (unpaired) electrons. The highest BCUT2D eigenvalue weighted by molar-refractivity contribution is 7.92. The normalized spacial score (nSPS) is 12.3. The van der Waals surface area contributed by atoms with E-state index in [1.54, 1.807) is 44.4 Å². The fourth-order valence-corrected chi connectivity index (χ4v) is 4.42. The summed E-state index contributed by atoms with van der Waals surface area (Å²) in [7, 11) is 0.523. The number of nitrogens with zero attached hydrogens (tertiary/aromatic N) is 2. The van der Waals surface area contributed by atoms with Crippen molar-refractivity contribution in [3.8, 4) is 17.2 Å². The second kappa shape index (κ2) is 12.2. The molecule has 10 nitrogen and oxygen atoms in total. The van der Waals surface area contributed by atoms with Crippen molar-refractivity contribution in [1.29, 1.82) is 0 Å². The number of carbonyl (C=O) groups excluding carboxylic acids is 2. The maximum absolute atomic E-state index is 13.7. The van der Waals surface area contributed by atoms with Crippen molar-refractivity contribution in [3.05, 3.63) is 48.0 Å². The van der Waals surface area contributed by atoms with Crippen LogP contribution in [0.5, 0.6) is 17.2 Å². The number of amides is 2. The Hall–Kier alpha value is -3.47. The quantitative estimate of drug-likeness (QED) is 0.471. The smallest absolute Gasteiger partial charge is 0.244 e. The summed E-state index contributed by atoms with van der Waals surface area (Å²) in [6.07, 6.45) is 1.01. The Labute approximate surface area is 219 Å². The molecule has 0 bridgehead atoms. The molecule has 1 atom stereocenters. The first kappa shape index (κ1) is 29.8. The monoisotopic (exact) mass is 535 g/mol. The fraction of sp³-hybridized carbons (Fsp3) is 0.462. The van der Waals surface area contributed by atoms with E-state index in [2.05, 4.69) is 5.32 Å². The van der Waals surface area contributed by atoms with Gasteiger partial charge in [-0.1, -0.05) is 12.1 Å². The minimum Gasteiger partial charge on any atom is -0.497 e. The lowest BCUT2D eigenvalue weighted by molar-refractivity contribution is -0.140. The van der Waals surface area contributed by atoms with Crippen LogP contribution in [0.25, 0.3) is 0 Å². The molecule has 0 aromatic heterocycles. The van der Waals surface area contributed by atoms with Gasteiger partial charge in [-0.05, 0) is 57.5 Å². The van der Waals surface area contributed by atoms with Crippen molar-refractivity contribution in [2.45, 2.75) is 45.8 Å². The SMILES string of the molecule is COc1ccc(CN(C(=O)CN(c2ccc(OC)cc2OC)S(C)(=O)=O)[C@H](C)C(=O)NC(C)(C)C)cc1. The van der Waals surface area contributed by atoms with Gasteiger partial charge in [0.05, 0.1) is 33.3 Å². The van der Waals surface area contributed by atoms with Gasteiger partial charge >= 0.3 is 0 Å². The molecule has 2 amide bonds. The average Bonchev–Trinajstić information content (AvgIpc) is 2.83. The molecule has 2 rings (SSSR count). The van der Waals surface area contributed by atoms with Crippen molar-refractivity contribution in [2.24, 2.45) is 0 Å². The predicted octanol–water partition coefficient (Wildman–Crippen LogP) is 2.81. The van der Waals surface area contributed by atoms with Crippen molar-refractivity contribution >= 4 is 27.5 Å². The summed E-state index contributed by atoms with van der Waals surface area (Å²) in [6.45, 7) is 6.68. The van der Waals surface area contributed by atoms with Gasteiger partial charge in [0, 0.05) is 18.2 Å². The van der Waals surface area contributed by atoms with Crippen LogP contribution in [0.15, 0.2) is 42.5 Å². The second-order valence-corrected chi connectivity index (χ2v) is 11.5. The molecule has 0 saturated heterocycles. The molecule has 0 heterocycles. The molecule has 2 aromatic rings. The van der Waals surface area contributed by atoms with Crippen LogP contribution >= 0.6 is 0 Å². The van der Waals surface area contributed by atoms with E-state index in [-0.39, 0.29) is 23.9 Å². The molecular weight excluding hydrogens is 498 g/mol. The van der Waals surface area contributed by atoms with Gasteiger partial charge in [-0.25, -0.2) is 8.42 Å². The van der Waals surface area contributed by atoms with Crippen LogP contribution in [0.1, 0.15) is 33.3 Å². The number of hydrogen-bond acceptors (Lipinski definition) is 7. The summed E-state index contributed by atoms with van der Waals surface area (Å²) < 4.78 is 42.4. The Morgan fingerprint density at radius 2 is 1.51 bits per heavy atom. The number of anilines is 1. The van der Waals surface area contributed by atoms with E-state index in [9.17, 15) is 18.0 Å².